The summed E-state index contributed by atoms with van der Waals surface area (Å²) < 4.78 is 27.3. The van der Waals surface area contributed by atoms with E-state index in [1.165, 1.54) is 24.3 Å². The largest absolute Gasteiger partial charge is 0.369 e. The first kappa shape index (κ1) is 18.2. The van der Waals surface area contributed by atoms with Gasteiger partial charge in [0.15, 0.2) is 0 Å². The molecule has 138 valence electrons. The number of nitrogens with zero attached hydrogens (tertiary/aromatic N) is 3. The molecule has 0 aromatic heterocycles. The summed E-state index contributed by atoms with van der Waals surface area (Å²) >= 11 is 0. The first-order chi connectivity index (χ1) is 12.3. The van der Waals surface area contributed by atoms with E-state index >= 15 is 0 Å². The van der Waals surface area contributed by atoms with Crippen LogP contribution in [0.4, 0.5) is 17.1 Å². The normalized spacial score (nSPS) is 15.7. The molecule has 0 aliphatic carbocycles. The smallest absolute Gasteiger partial charge is 0.269 e. The van der Waals surface area contributed by atoms with Crippen LogP contribution in [-0.4, -0.2) is 51.5 Å². The molecular formula is C17H20N4O4S. The van der Waals surface area contributed by atoms with Crippen LogP contribution in [0, 0.1) is 10.1 Å². The van der Waals surface area contributed by atoms with Gasteiger partial charge in [-0.15, -0.1) is 0 Å². The van der Waals surface area contributed by atoms with Crippen LogP contribution < -0.4 is 9.62 Å². The second-order valence-electron chi connectivity index (χ2n) is 6.19. The lowest BCUT2D eigenvalue weighted by Gasteiger charge is -2.34. The van der Waals surface area contributed by atoms with E-state index in [0.29, 0.717) is 5.69 Å². The lowest BCUT2D eigenvalue weighted by Crippen LogP contribution is -2.44. The molecule has 9 heteroatoms. The van der Waals surface area contributed by atoms with Crippen LogP contribution in [0.2, 0.25) is 0 Å². The van der Waals surface area contributed by atoms with Gasteiger partial charge in [0, 0.05) is 49.7 Å². The molecule has 0 bridgehead atoms. The summed E-state index contributed by atoms with van der Waals surface area (Å²) in [6.07, 6.45) is 0. The second kappa shape index (κ2) is 7.30. The van der Waals surface area contributed by atoms with Crippen LogP contribution >= 0.6 is 0 Å². The number of hydrogen-bond acceptors (Lipinski definition) is 6. The summed E-state index contributed by atoms with van der Waals surface area (Å²) in [6, 6.07) is 12.0. The van der Waals surface area contributed by atoms with E-state index < -0.39 is 14.9 Å². The third-order valence-corrected chi connectivity index (χ3v) is 5.74. The monoisotopic (exact) mass is 376 g/mol. The van der Waals surface area contributed by atoms with Crippen molar-refractivity contribution in [3.8, 4) is 0 Å². The number of hydrogen-bond donors (Lipinski definition) is 1. The van der Waals surface area contributed by atoms with E-state index in [2.05, 4.69) is 21.6 Å². The SMILES string of the molecule is CN1CCN(c2ccc(NS(=O)(=O)c3ccc([N+](=O)[O-])cc3)cc2)CC1. The van der Waals surface area contributed by atoms with E-state index in [9.17, 15) is 18.5 Å². The summed E-state index contributed by atoms with van der Waals surface area (Å²) in [6.45, 7) is 3.86. The number of sulfonamides is 1. The molecule has 0 spiro atoms. The van der Waals surface area contributed by atoms with Gasteiger partial charge in [-0.05, 0) is 43.4 Å². The number of benzene rings is 2. The molecule has 1 N–H and O–H groups in total. The summed E-state index contributed by atoms with van der Waals surface area (Å²) in [5, 5.41) is 10.7. The molecule has 3 rings (SSSR count). The van der Waals surface area contributed by atoms with E-state index in [0.717, 1.165) is 31.9 Å². The fourth-order valence-electron chi connectivity index (χ4n) is 2.77. The number of rotatable bonds is 5. The van der Waals surface area contributed by atoms with Gasteiger partial charge in [0.2, 0.25) is 0 Å². The minimum Gasteiger partial charge on any atom is -0.369 e. The minimum absolute atomic E-state index is 0.0220. The Hall–Kier alpha value is -2.65. The van der Waals surface area contributed by atoms with Crippen LogP contribution in [0.25, 0.3) is 0 Å². The number of nitro benzene ring substituents is 1. The summed E-state index contributed by atoms with van der Waals surface area (Å²) in [5.74, 6) is 0. The van der Waals surface area contributed by atoms with Crippen molar-refractivity contribution in [2.24, 2.45) is 0 Å². The standard InChI is InChI=1S/C17H20N4O4S/c1-19-10-12-20(13-11-19)15-4-2-14(3-5-15)18-26(24,25)17-8-6-16(7-9-17)21(22)23/h2-9,18H,10-13H2,1H3. The van der Waals surface area contributed by atoms with E-state index in [1.807, 2.05) is 12.1 Å². The molecule has 26 heavy (non-hydrogen) atoms. The predicted molar refractivity (Wildman–Crippen MR) is 100 cm³/mol. The lowest BCUT2D eigenvalue weighted by atomic mass is 10.2. The second-order valence-corrected chi connectivity index (χ2v) is 7.88. The zero-order valence-corrected chi connectivity index (χ0v) is 15.1. The highest BCUT2D eigenvalue weighted by atomic mass is 32.2. The van der Waals surface area contributed by atoms with Gasteiger partial charge in [-0.3, -0.25) is 14.8 Å². The predicted octanol–water partition coefficient (Wildman–Crippen LogP) is 2.15. The van der Waals surface area contributed by atoms with Crippen molar-refractivity contribution in [3.63, 3.8) is 0 Å². The average molecular weight is 376 g/mol. The molecule has 8 nitrogen and oxygen atoms in total. The highest BCUT2D eigenvalue weighted by molar-refractivity contribution is 7.92. The van der Waals surface area contributed by atoms with E-state index in [1.54, 1.807) is 12.1 Å². The number of nitro groups is 1. The Morgan fingerprint density at radius 2 is 1.54 bits per heavy atom. The molecule has 2 aromatic rings. The zero-order chi connectivity index (χ0) is 18.7. The Bertz CT molecular complexity index is 874. The summed E-state index contributed by atoms with van der Waals surface area (Å²) in [4.78, 5) is 14.6. The molecule has 0 saturated carbocycles. The topological polar surface area (TPSA) is 95.8 Å². The van der Waals surface area contributed by atoms with Crippen LogP contribution in [0.15, 0.2) is 53.4 Å². The first-order valence-electron chi connectivity index (χ1n) is 8.16. The van der Waals surface area contributed by atoms with Crippen LogP contribution in [0.5, 0.6) is 0 Å². The van der Waals surface area contributed by atoms with Gasteiger partial charge >= 0.3 is 0 Å². The first-order valence-corrected chi connectivity index (χ1v) is 9.64. The van der Waals surface area contributed by atoms with Crippen molar-refractivity contribution < 1.29 is 13.3 Å². The highest BCUT2D eigenvalue weighted by Crippen LogP contribution is 2.22. The Morgan fingerprint density at radius 3 is 2.08 bits per heavy atom. The molecule has 1 fully saturated rings. The number of piperazine rings is 1. The van der Waals surface area contributed by atoms with E-state index in [4.69, 9.17) is 0 Å². The summed E-state index contributed by atoms with van der Waals surface area (Å²) in [5.41, 5.74) is 1.35. The molecule has 0 amide bonds. The maximum Gasteiger partial charge on any atom is 0.269 e. The average Bonchev–Trinajstić information content (AvgIpc) is 2.63. The maximum absolute atomic E-state index is 12.4. The van der Waals surface area contributed by atoms with Gasteiger partial charge in [-0.1, -0.05) is 0 Å². The van der Waals surface area contributed by atoms with Crippen molar-refractivity contribution in [2.75, 3.05) is 42.8 Å². The fraction of sp³-hybridized carbons (Fsp3) is 0.294. The van der Waals surface area contributed by atoms with Crippen molar-refractivity contribution in [1.82, 2.24) is 4.90 Å². The molecule has 1 aliphatic rings. The number of likely N-dealkylation sites (N-methyl/N-ethyl adjacent to an activating group) is 1. The van der Waals surface area contributed by atoms with Crippen molar-refractivity contribution >= 4 is 27.1 Å². The molecule has 0 radical (unpaired) electrons. The van der Waals surface area contributed by atoms with E-state index in [-0.39, 0.29) is 10.6 Å². The Morgan fingerprint density at radius 1 is 0.962 bits per heavy atom. The van der Waals surface area contributed by atoms with Crippen molar-refractivity contribution in [1.29, 1.82) is 0 Å². The Kier molecular flexibility index (Phi) is 5.10. The van der Waals surface area contributed by atoms with Crippen LogP contribution in [-0.2, 0) is 10.0 Å². The molecule has 1 heterocycles. The number of anilines is 2. The van der Waals surface area contributed by atoms with Crippen LogP contribution in [0.3, 0.4) is 0 Å². The van der Waals surface area contributed by atoms with Gasteiger partial charge in [-0.25, -0.2) is 8.42 Å². The molecule has 1 aliphatic heterocycles. The molecule has 2 aromatic carbocycles. The minimum atomic E-state index is -3.79. The Balaban J connectivity index is 1.70. The lowest BCUT2D eigenvalue weighted by molar-refractivity contribution is -0.384. The van der Waals surface area contributed by atoms with Crippen molar-refractivity contribution in [3.05, 3.63) is 58.6 Å². The number of non-ortho nitro benzene ring substituents is 1. The van der Waals surface area contributed by atoms with Gasteiger partial charge < -0.3 is 9.80 Å². The fourth-order valence-corrected chi connectivity index (χ4v) is 3.82. The third-order valence-electron chi connectivity index (χ3n) is 4.35. The van der Waals surface area contributed by atoms with Gasteiger partial charge in [0.25, 0.3) is 15.7 Å². The molecule has 0 atom stereocenters. The zero-order valence-electron chi connectivity index (χ0n) is 14.3. The van der Waals surface area contributed by atoms with Crippen molar-refractivity contribution in [2.45, 2.75) is 4.90 Å². The van der Waals surface area contributed by atoms with Gasteiger partial charge in [0.1, 0.15) is 0 Å². The molecular weight excluding hydrogens is 356 g/mol. The third kappa shape index (κ3) is 4.12. The highest BCUT2D eigenvalue weighted by Gasteiger charge is 2.17. The summed E-state index contributed by atoms with van der Waals surface area (Å²) in [7, 11) is -1.70. The quantitative estimate of drug-likeness (QED) is 0.634. The van der Waals surface area contributed by atoms with Gasteiger partial charge in [-0.2, -0.15) is 0 Å². The van der Waals surface area contributed by atoms with Gasteiger partial charge in [0.05, 0.1) is 9.82 Å². The van der Waals surface area contributed by atoms with Crippen LogP contribution in [0.1, 0.15) is 0 Å². The Labute approximate surface area is 152 Å². The number of nitrogens with one attached hydrogen (secondary N) is 1. The molecule has 1 saturated heterocycles. The maximum atomic E-state index is 12.4. The molecule has 0 unspecified atom stereocenters.